The molecule has 9 heteroatoms. The number of thioether (sulfide) groups is 1. The van der Waals surface area contributed by atoms with E-state index in [1.165, 1.54) is 24.6 Å². The predicted octanol–water partition coefficient (Wildman–Crippen LogP) is 4.03. The molecule has 33 heavy (non-hydrogen) atoms. The third-order valence-electron chi connectivity index (χ3n) is 6.80. The Morgan fingerprint density at radius 1 is 1.24 bits per heavy atom. The summed E-state index contributed by atoms with van der Waals surface area (Å²) in [6, 6.07) is 4.76. The summed E-state index contributed by atoms with van der Waals surface area (Å²) in [5.41, 5.74) is 2.87. The number of halogens is 1. The molecule has 2 N–H and O–H groups in total. The number of benzene rings is 1. The molecule has 0 aliphatic heterocycles. The van der Waals surface area contributed by atoms with Crippen molar-refractivity contribution in [3.63, 3.8) is 0 Å². The Bertz CT molecular complexity index is 1040. The number of H-pyrrole nitrogens is 1. The lowest BCUT2D eigenvalue weighted by Crippen LogP contribution is -2.42. The van der Waals surface area contributed by atoms with Crippen LogP contribution in [-0.4, -0.2) is 59.6 Å². The van der Waals surface area contributed by atoms with Gasteiger partial charge in [-0.05, 0) is 77.6 Å². The molecule has 1 aromatic heterocycles. The average Bonchev–Trinajstić information content (AvgIpc) is 3.06. The van der Waals surface area contributed by atoms with Gasteiger partial charge in [0.15, 0.2) is 0 Å². The van der Waals surface area contributed by atoms with Crippen molar-refractivity contribution < 1.29 is 4.79 Å². The Balaban J connectivity index is 1.81. The number of aromatic nitrogens is 2. The number of hydrogen-bond donors (Lipinski definition) is 2. The summed E-state index contributed by atoms with van der Waals surface area (Å²) in [5.74, 6) is -0.223. The monoisotopic (exact) mass is 493 g/mol. The number of aryl methyl sites for hydroxylation is 1. The van der Waals surface area contributed by atoms with E-state index in [0.29, 0.717) is 28.2 Å². The summed E-state index contributed by atoms with van der Waals surface area (Å²) >= 11 is 7.96. The molecule has 7 nitrogen and oxygen atoms in total. The average molecular weight is 494 g/mol. The van der Waals surface area contributed by atoms with Crippen LogP contribution in [0.4, 0.5) is 5.69 Å². The van der Waals surface area contributed by atoms with Crippen LogP contribution in [0.25, 0.3) is 0 Å². The van der Waals surface area contributed by atoms with E-state index in [0.717, 1.165) is 35.7 Å². The summed E-state index contributed by atoms with van der Waals surface area (Å²) in [5, 5.41) is 7.03. The van der Waals surface area contributed by atoms with Gasteiger partial charge in [-0.25, -0.2) is 0 Å². The molecule has 3 rings (SSSR count). The number of carbonyl (C=O) groups excluding carboxylic acids is 1. The van der Waals surface area contributed by atoms with E-state index < -0.39 is 0 Å². The molecule has 0 spiro atoms. The van der Waals surface area contributed by atoms with Gasteiger partial charge in [0.25, 0.3) is 11.5 Å². The van der Waals surface area contributed by atoms with E-state index in [-0.39, 0.29) is 18.0 Å². The van der Waals surface area contributed by atoms with Gasteiger partial charge in [0, 0.05) is 41.9 Å². The van der Waals surface area contributed by atoms with Crippen LogP contribution < -0.4 is 15.8 Å². The van der Waals surface area contributed by atoms with Crippen LogP contribution in [0.2, 0.25) is 5.02 Å². The van der Waals surface area contributed by atoms with Crippen LogP contribution in [0.1, 0.15) is 54.1 Å². The smallest absolute Gasteiger partial charge is 0.270 e. The van der Waals surface area contributed by atoms with E-state index in [4.69, 9.17) is 11.6 Å². The molecule has 1 aromatic carbocycles. The maximum Gasteiger partial charge on any atom is 0.270 e. The molecule has 0 unspecified atom stereocenters. The number of nitrogens with zero attached hydrogens (tertiary/aromatic N) is 3. The number of amides is 1. The molecule has 1 aliphatic rings. The quantitative estimate of drug-likeness (QED) is 0.543. The molecule has 1 fully saturated rings. The predicted molar refractivity (Wildman–Crippen MR) is 138 cm³/mol. The second kappa shape index (κ2) is 11.0. The highest BCUT2D eigenvalue weighted by molar-refractivity contribution is 7.98. The second-order valence-electron chi connectivity index (χ2n) is 8.98. The fourth-order valence-electron chi connectivity index (χ4n) is 4.96. The standard InChI is InChI=1S/C24H36ClN5O2S/c1-7-30(18-10-8-17(9-11-18)28(3)4)21-13-16(25)12-19(15(21)2)22(31)26-14-20-23(32)27-29(5)24(20)33-6/h12-13,17-18H,7-11,14H2,1-6H3,(H,26,31)(H,27,32). The first-order valence-corrected chi connectivity index (χ1v) is 13.1. The van der Waals surface area contributed by atoms with Gasteiger partial charge in [0.2, 0.25) is 0 Å². The molecular formula is C24H36ClN5O2S. The molecule has 1 heterocycles. The van der Waals surface area contributed by atoms with Crippen molar-refractivity contribution in [3.05, 3.63) is 44.2 Å². The Morgan fingerprint density at radius 3 is 2.45 bits per heavy atom. The topological polar surface area (TPSA) is 73.4 Å². The van der Waals surface area contributed by atoms with Gasteiger partial charge in [-0.2, -0.15) is 0 Å². The molecule has 0 saturated heterocycles. The third kappa shape index (κ3) is 5.61. The van der Waals surface area contributed by atoms with E-state index in [9.17, 15) is 9.59 Å². The largest absolute Gasteiger partial charge is 0.369 e. The number of aromatic amines is 1. The fourth-order valence-corrected chi connectivity index (χ4v) is 5.90. The molecule has 1 aliphatic carbocycles. The lowest BCUT2D eigenvalue weighted by molar-refractivity contribution is 0.0950. The van der Waals surface area contributed by atoms with Crippen molar-refractivity contribution in [2.75, 3.05) is 31.8 Å². The Labute approximate surface area is 205 Å². The molecule has 0 atom stereocenters. The molecule has 0 bridgehead atoms. The first-order valence-electron chi connectivity index (χ1n) is 11.5. The highest BCUT2D eigenvalue weighted by atomic mass is 35.5. The van der Waals surface area contributed by atoms with Crippen molar-refractivity contribution in [2.24, 2.45) is 7.05 Å². The number of rotatable bonds is 8. The molecule has 1 saturated carbocycles. The molecule has 182 valence electrons. The van der Waals surface area contributed by atoms with Crippen molar-refractivity contribution in [1.82, 2.24) is 20.0 Å². The van der Waals surface area contributed by atoms with Crippen LogP contribution in [0, 0.1) is 6.92 Å². The second-order valence-corrected chi connectivity index (χ2v) is 10.2. The first kappa shape index (κ1) is 25.7. The fraction of sp³-hybridized carbons (Fsp3) is 0.583. The summed E-state index contributed by atoms with van der Waals surface area (Å²) in [4.78, 5) is 30.1. The van der Waals surface area contributed by atoms with Crippen molar-refractivity contribution in [2.45, 2.75) is 63.2 Å². The number of anilines is 1. The zero-order valence-corrected chi connectivity index (χ0v) is 22.1. The zero-order chi connectivity index (χ0) is 24.3. The van der Waals surface area contributed by atoms with Crippen LogP contribution in [-0.2, 0) is 13.6 Å². The van der Waals surface area contributed by atoms with Gasteiger partial charge in [0.05, 0.1) is 12.1 Å². The SMILES string of the molecule is CCN(c1cc(Cl)cc(C(=O)NCc2c(SC)n(C)[nH]c2=O)c1C)C1CCC(N(C)C)CC1. The molecular weight excluding hydrogens is 458 g/mol. The van der Waals surface area contributed by atoms with E-state index in [1.54, 1.807) is 17.8 Å². The minimum absolute atomic E-state index is 0.165. The van der Waals surface area contributed by atoms with Gasteiger partial charge in [0.1, 0.15) is 5.03 Å². The van der Waals surface area contributed by atoms with Crippen LogP contribution in [0.15, 0.2) is 22.0 Å². The minimum Gasteiger partial charge on any atom is -0.369 e. The Hall–Kier alpha value is -1.90. The van der Waals surface area contributed by atoms with Gasteiger partial charge in [-0.1, -0.05) is 11.6 Å². The maximum absolute atomic E-state index is 13.1. The number of nitrogens with one attached hydrogen (secondary N) is 2. The van der Waals surface area contributed by atoms with Crippen molar-refractivity contribution in [1.29, 1.82) is 0 Å². The van der Waals surface area contributed by atoms with E-state index >= 15 is 0 Å². The normalized spacial score (nSPS) is 18.5. The highest BCUT2D eigenvalue weighted by Crippen LogP contribution is 2.34. The lowest BCUT2D eigenvalue weighted by Gasteiger charge is -2.40. The van der Waals surface area contributed by atoms with Crippen LogP contribution >= 0.6 is 23.4 Å². The summed E-state index contributed by atoms with van der Waals surface area (Å²) in [6.45, 7) is 5.16. The van der Waals surface area contributed by atoms with Gasteiger partial charge < -0.3 is 15.1 Å². The number of carbonyl (C=O) groups is 1. The van der Waals surface area contributed by atoms with Crippen molar-refractivity contribution >= 4 is 35.0 Å². The first-order chi connectivity index (χ1) is 15.7. The summed E-state index contributed by atoms with van der Waals surface area (Å²) in [6.07, 6.45) is 6.50. The Morgan fingerprint density at radius 2 is 1.88 bits per heavy atom. The Kier molecular flexibility index (Phi) is 8.59. The zero-order valence-electron chi connectivity index (χ0n) is 20.5. The number of hydrogen-bond acceptors (Lipinski definition) is 5. The minimum atomic E-state index is -0.223. The van der Waals surface area contributed by atoms with Gasteiger partial charge in [-0.15, -0.1) is 11.8 Å². The molecule has 1 amide bonds. The van der Waals surface area contributed by atoms with E-state index in [1.807, 2.05) is 19.2 Å². The maximum atomic E-state index is 13.1. The summed E-state index contributed by atoms with van der Waals surface area (Å²) < 4.78 is 1.68. The van der Waals surface area contributed by atoms with Crippen molar-refractivity contribution in [3.8, 4) is 0 Å². The van der Waals surface area contributed by atoms with Crippen LogP contribution in [0.3, 0.4) is 0 Å². The lowest BCUT2D eigenvalue weighted by atomic mass is 9.89. The van der Waals surface area contributed by atoms with Gasteiger partial charge >= 0.3 is 0 Å². The van der Waals surface area contributed by atoms with Gasteiger partial charge in [-0.3, -0.25) is 19.4 Å². The van der Waals surface area contributed by atoms with E-state index in [2.05, 4.69) is 41.2 Å². The van der Waals surface area contributed by atoms with Crippen LogP contribution in [0.5, 0.6) is 0 Å². The molecule has 2 aromatic rings. The highest BCUT2D eigenvalue weighted by Gasteiger charge is 2.28. The summed E-state index contributed by atoms with van der Waals surface area (Å²) in [7, 11) is 6.09. The third-order valence-corrected chi connectivity index (χ3v) is 7.93. The molecule has 0 radical (unpaired) electrons.